The average molecular weight is 741 g/mol. The lowest BCUT2D eigenvalue weighted by atomic mass is 9.78. The Kier molecular flexibility index (Phi) is 10.4. The maximum absolute atomic E-state index is 14.5. The van der Waals surface area contributed by atoms with Gasteiger partial charge in [0, 0.05) is 43.0 Å². The first-order chi connectivity index (χ1) is 24.7. The smallest absolute Gasteiger partial charge is 0.356 e. The fourth-order valence-electron chi connectivity index (χ4n) is 6.32. The highest BCUT2D eigenvalue weighted by molar-refractivity contribution is 8.01. The van der Waals surface area contributed by atoms with Crippen molar-refractivity contribution in [3.05, 3.63) is 112 Å². The van der Waals surface area contributed by atoms with Crippen molar-refractivity contribution in [1.82, 2.24) is 25.1 Å². The molecule has 0 aliphatic carbocycles. The number of aromatic nitrogens is 4. The monoisotopic (exact) mass is 740 g/mol. The molecule has 0 unspecified atom stereocenters. The van der Waals surface area contributed by atoms with Gasteiger partial charge in [0.15, 0.2) is 6.10 Å². The molecule has 1 N–H and O–H groups in total. The Bertz CT molecular complexity index is 1950. The van der Waals surface area contributed by atoms with Gasteiger partial charge in [0.1, 0.15) is 16.8 Å². The number of aryl methyl sites for hydroxylation is 1. The van der Waals surface area contributed by atoms with Gasteiger partial charge in [-0.25, -0.2) is 14.5 Å². The number of hydrogen-bond donors (Lipinski definition) is 1. The molecule has 272 valence electrons. The van der Waals surface area contributed by atoms with E-state index in [1.807, 2.05) is 114 Å². The molecule has 2 aliphatic rings. The lowest BCUT2D eigenvalue weighted by Crippen LogP contribution is -2.73. The van der Waals surface area contributed by atoms with Gasteiger partial charge in [0.2, 0.25) is 5.16 Å². The number of esters is 1. The number of nitrogens with zero attached hydrogens (tertiary/aromatic N) is 6. The summed E-state index contributed by atoms with van der Waals surface area (Å²) in [5.74, 6) is -0.0704. The van der Waals surface area contributed by atoms with E-state index in [1.165, 1.54) is 35.5 Å². The molecule has 1 aromatic heterocycles. The van der Waals surface area contributed by atoms with Crippen LogP contribution in [0.2, 0.25) is 0 Å². The molecule has 4 aromatic rings. The molecule has 0 saturated carbocycles. The Hall–Kier alpha value is -4.46. The van der Waals surface area contributed by atoms with E-state index in [0.717, 1.165) is 27.8 Å². The first-order valence-corrected chi connectivity index (χ1v) is 19.0. The molecule has 3 aromatic carbocycles. The van der Waals surface area contributed by atoms with Gasteiger partial charge < -0.3 is 14.6 Å². The maximum atomic E-state index is 14.5. The summed E-state index contributed by atoms with van der Waals surface area (Å²) in [5.41, 5.74) is 2.50. The molecule has 2 aliphatic heterocycles. The highest BCUT2D eigenvalue weighted by atomic mass is 32.2. The molecular formula is C39H44N6O5S2. The standard InChI is InChI=1S/C39H44N6O5S2/c1-37(2,3)28-19-24(20-29(31(28)46)38(4,5)6)21-40-39(49-8)34(48)45-30(27(22-51-35(39)45)23-52-36-41-42-43-44(36)7)33(47)50-32(25-15-11-9-12-16-25)26-17-13-10-14-18-26/h9-21,32,35,46H,22-23H2,1-8H3/t35-,39-/m0/s1. The minimum absolute atomic E-state index is 0.172. The lowest BCUT2D eigenvalue weighted by Gasteiger charge is -2.54. The van der Waals surface area contributed by atoms with E-state index in [2.05, 4.69) is 15.5 Å². The number of thioether (sulfide) groups is 2. The Morgan fingerprint density at radius 3 is 2.12 bits per heavy atom. The van der Waals surface area contributed by atoms with Crippen LogP contribution in [-0.4, -0.2) is 78.0 Å². The maximum Gasteiger partial charge on any atom is 0.356 e. The SMILES string of the molecule is CO[C@@]1(N=Cc2cc(C(C)(C)C)c(O)c(C(C)(C)C)c2)C(=O)N2C(C(=O)OC(c3ccccc3)c3ccccc3)=C(CSc3nnnn3C)CS[C@H]21. The van der Waals surface area contributed by atoms with Crippen molar-refractivity contribution in [1.29, 1.82) is 0 Å². The van der Waals surface area contributed by atoms with Gasteiger partial charge in [0.05, 0.1) is 0 Å². The summed E-state index contributed by atoms with van der Waals surface area (Å²) in [7, 11) is 3.20. The number of aromatic hydroxyl groups is 1. The number of phenolic OH excluding ortho intramolecular Hbond substituents is 1. The number of tetrazole rings is 1. The third-order valence-corrected chi connectivity index (χ3v) is 11.6. The predicted molar refractivity (Wildman–Crippen MR) is 203 cm³/mol. The van der Waals surface area contributed by atoms with E-state index >= 15 is 0 Å². The molecule has 1 amide bonds. The minimum Gasteiger partial charge on any atom is -0.507 e. The van der Waals surface area contributed by atoms with Crippen molar-refractivity contribution in [3.63, 3.8) is 0 Å². The molecule has 6 rings (SSSR count). The van der Waals surface area contributed by atoms with Crippen molar-refractivity contribution in [2.75, 3.05) is 18.6 Å². The quantitative estimate of drug-likeness (QED) is 0.0825. The van der Waals surface area contributed by atoms with Crippen LogP contribution < -0.4 is 0 Å². The number of β-lactam (4-membered cyclic amide) rings is 1. The van der Waals surface area contributed by atoms with Crippen LogP contribution in [0.4, 0.5) is 0 Å². The minimum atomic E-state index is -1.58. The normalized spacial score (nSPS) is 19.3. The lowest BCUT2D eigenvalue weighted by molar-refractivity contribution is -0.183. The van der Waals surface area contributed by atoms with E-state index in [1.54, 1.807) is 17.9 Å². The fraction of sp³-hybridized carbons (Fsp3) is 0.385. The summed E-state index contributed by atoms with van der Waals surface area (Å²) in [4.78, 5) is 35.1. The number of fused-ring (bicyclic) bond motifs is 1. The first-order valence-electron chi connectivity index (χ1n) is 17.0. The number of hydrogen-bond acceptors (Lipinski definition) is 11. The predicted octanol–water partition coefficient (Wildman–Crippen LogP) is 6.57. The van der Waals surface area contributed by atoms with Crippen LogP contribution in [0.3, 0.4) is 0 Å². The van der Waals surface area contributed by atoms with Crippen LogP contribution in [-0.2, 0) is 36.9 Å². The van der Waals surface area contributed by atoms with E-state index in [4.69, 9.17) is 14.5 Å². The number of carbonyl (C=O) groups is 2. The second-order valence-electron chi connectivity index (χ2n) is 14.9. The van der Waals surface area contributed by atoms with E-state index < -0.39 is 29.1 Å². The zero-order chi connectivity index (χ0) is 37.4. The van der Waals surface area contributed by atoms with Crippen LogP contribution in [0.5, 0.6) is 5.75 Å². The summed E-state index contributed by atoms with van der Waals surface area (Å²) in [6.45, 7) is 12.3. The zero-order valence-corrected chi connectivity index (χ0v) is 32.3. The molecular weight excluding hydrogens is 697 g/mol. The summed E-state index contributed by atoms with van der Waals surface area (Å²) in [5, 5.41) is 22.9. The number of amides is 1. The van der Waals surface area contributed by atoms with Gasteiger partial charge in [-0.1, -0.05) is 114 Å². The van der Waals surface area contributed by atoms with Crippen molar-refractivity contribution in [2.24, 2.45) is 12.0 Å². The van der Waals surface area contributed by atoms with Crippen molar-refractivity contribution in [2.45, 2.75) is 74.7 Å². The highest BCUT2D eigenvalue weighted by Crippen LogP contribution is 2.50. The second kappa shape index (κ2) is 14.5. The number of benzene rings is 3. The molecule has 0 spiro atoms. The van der Waals surface area contributed by atoms with Crippen LogP contribution in [0, 0.1) is 0 Å². The summed E-state index contributed by atoms with van der Waals surface area (Å²) < 4.78 is 13.8. The summed E-state index contributed by atoms with van der Waals surface area (Å²) >= 11 is 2.84. The topological polar surface area (TPSA) is 132 Å². The molecule has 1 saturated heterocycles. The number of methoxy groups -OCH3 is 1. The van der Waals surface area contributed by atoms with Crippen LogP contribution in [0.15, 0.2) is 94.2 Å². The summed E-state index contributed by atoms with van der Waals surface area (Å²) in [6, 6.07) is 22.9. The highest BCUT2D eigenvalue weighted by Gasteiger charge is 2.66. The fourth-order valence-corrected chi connectivity index (χ4v) is 8.74. The third kappa shape index (κ3) is 7.13. The molecule has 0 radical (unpaired) electrons. The molecule has 0 bridgehead atoms. The number of phenols is 1. The average Bonchev–Trinajstić information content (AvgIpc) is 3.53. The van der Waals surface area contributed by atoms with Gasteiger partial charge in [-0.15, -0.1) is 16.9 Å². The van der Waals surface area contributed by atoms with Crippen molar-refractivity contribution in [3.8, 4) is 5.75 Å². The number of aliphatic imine (C=N–C) groups is 1. The number of carbonyl (C=O) groups excluding carboxylic acids is 2. The molecule has 13 heteroatoms. The van der Waals surface area contributed by atoms with Gasteiger partial charge in [-0.3, -0.25) is 9.69 Å². The van der Waals surface area contributed by atoms with Crippen LogP contribution >= 0.6 is 23.5 Å². The molecule has 2 atom stereocenters. The largest absolute Gasteiger partial charge is 0.507 e. The summed E-state index contributed by atoms with van der Waals surface area (Å²) in [6.07, 6.45) is 0.926. The Labute approximate surface area is 312 Å². The van der Waals surface area contributed by atoms with Crippen molar-refractivity contribution < 1.29 is 24.2 Å². The number of ether oxygens (including phenoxy) is 2. The first kappa shape index (κ1) is 37.3. The third-order valence-electron chi connectivity index (χ3n) is 9.13. The van der Waals surface area contributed by atoms with E-state index in [-0.39, 0.29) is 22.3 Å². The number of rotatable bonds is 10. The Balaban J connectivity index is 1.37. The Morgan fingerprint density at radius 1 is 1.04 bits per heavy atom. The molecule has 1 fully saturated rings. The van der Waals surface area contributed by atoms with E-state index in [0.29, 0.717) is 22.2 Å². The van der Waals surface area contributed by atoms with E-state index in [9.17, 15) is 14.7 Å². The molecule has 3 heterocycles. The Morgan fingerprint density at radius 2 is 1.62 bits per heavy atom. The van der Waals surface area contributed by atoms with Gasteiger partial charge >= 0.3 is 5.97 Å². The zero-order valence-electron chi connectivity index (χ0n) is 30.7. The van der Waals surface area contributed by atoms with Gasteiger partial charge in [-0.05, 0) is 55.7 Å². The van der Waals surface area contributed by atoms with Crippen LogP contribution in [0.1, 0.15) is 75.5 Å². The second-order valence-corrected chi connectivity index (χ2v) is 16.9. The van der Waals surface area contributed by atoms with Gasteiger partial charge in [-0.2, -0.15) is 0 Å². The van der Waals surface area contributed by atoms with Crippen molar-refractivity contribution >= 4 is 41.6 Å². The molecule has 52 heavy (non-hydrogen) atoms. The van der Waals surface area contributed by atoms with Gasteiger partial charge in [0.25, 0.3) is 11.6 Å². The molecule has 11 nitrogen and oxygen atoms in total. The van der Waals surface area contributed by atoms with Crippen LogP contribution in [0.25, 0.3) is 0 Å².